The Hall–Kier alpha value is -2.73. The molecule has 1 aliphatic carbocycles. The van der Waals surface area contributed by atoms with E-state index in [4.69, 9.17) is 0 Å². The third kappa shape index (κ3) is 5.01. The van der Waals surface area contributed by atoms with Crippen LogP contribution < -0.4 is 5.32 Å². The van der Waals surface area contributed by atoms with Crippen LogP contribution in [0.5, 0.6) is 0 Å². The Balaban J connectivity index is 1.42. The first kappa shape index (κ1) is 22.5. The molecule has 0 spiro atoms. The minimum Gasteiger partial charge on any atom is -0.348 e. The fraction of sp³-hybridized carbons (Fsp3) is 0.462. The normalized spacial score (nSPS) is 19.5. The average molecular weight is 438 g/mol. The van der Waals surface area contributed by atoms with Gasteiger partial charge in [0.25, 0.3) is 5.91 Å². The van der Waals surface area contributed by atoms with Crippen molar-refractivity contribution in [2.75, 3.05) is 26.2 Å². The second kappa shape index (κ2) is 10.3. The zero-order chi connectivity index (χ0) is 22.5. The molecule has 2 aromatic carbocycles. The van der Waals surface area contributed by atoms with Crippen molar-refractivity contribution in [2.45, 2.75) is 44.7 Å². The van der Waals surface area contributed by atoms with E-state index in [1.54, 1.807) is 17.0 Å². The van der Waals surface area contributed by atoms with Crippen molar-refractivity contribution >= 4 is 11.8 Å². The van der Waals surface area contributed by atoms with E-state index in [1.807, 2.05) is 37.3 Å². The third-order valence-electron chi connectivity index (χ3n) is 6.87. The minimum absolute atomic E-state index is 0.0588. The summed E-state index contributed by atoms with van der Waals surface area (Å²) in [5.41, 5.74) is 1.20. The summed E-state index contributed by atoms with van der Waals surface area (Å²) in [6.07, 6.45) is 4.45. The fourth-order valence-corrected chi connectivity index (χ4v) is 5.08. The van der Waals surface area contributed by atoms with E-state index < -0.39 is 5.82 Å². The van der Waals surface area contributed by atoms with Crippen molar-refractivity contribution in [3.63, 3.8) is 0 Å². The van der Waals surface area contributed by atoms with Crippen LogP contribution in [0.25, 0.3) is 0 Å². The van der Waals surface area contributed by atoms with Gasteiger partial charge in [0.15, 0.2) is 0 Å². The van der Waals surface area contributed by atoms with Crippen LogP contribution in [0.1, 0.15) is 54.6 Å². The average Bonchev–Trinajstić information content (AvgIpc) is 3.34. The molecule has 0 bridgehead atoms. The van der Waals surface area contributed by atoms with Crippen LogP contribution in [-0.4, -0.2) is 53.8 Å². The number of carbonyl (C=O) groups excluding carboxylic acids is 2. The lowest BCUT2D eigenvalue weighted by atomic mass is 9.94. The van der Waals surface area contributed by atoms with Crippen LogP contribution in [0.4, 0.5) is 4.39 Å². The molecule has 1 saturated heterocycles. The van der Waals surface area contributed by atoms with Gasteiger partial charge in [-0.1, -0.05) is 55.3 Å². The highest BCUT2D eigenvalue weighted by Crippen LogP contribution is 2.31. The molecule has 5 nitrogen and oxygen atoms in total. The lowest BCUT2D eigenvalue weighted by Crippen LogP contribution is -2.58. The van der Waals surface area contributed by atoms with Gasteiger partial charge < -0.3 is 10.2 Å². The first-order valence-electron chi connectivity index (χ1n) is 11.7. The van der Waals surface area contributed by atoms with Gasteiger partial charge in [-0.25, -0.2) is 4.39 Å². The molecule has 2 fully saturated rings. The largest absolute Gasteiger partial charge is 0.348 e. The zero-order valence-corrected chi connectivity index (χ0v) is 18.7. The van der Waals surface area contributed by atoms with E-state index in [-0.39, 0.29) is 29.5 Å². The van der Waals surface area contributed by atoms with E-state index in [1.165, 1.54) is 12.1 Å². The minimum atomic E-state index is -0.488. The number of piperazine rings is 1. The van der Waals surface area contributed by atoms with Crippen molar-refractivity contribution in [2.24, 2.45) is 5.92 Å². The summed E-state index contributed by atoms with van der Waals surface area (Å²) in [6, 6.07) is 15.9. The molecule has 2 unspecified atom stereocenters. The highest BCUT2D eigenvalue weighted by atomic mass is 19.1. The number of carbonyl (C=O) groups is 2. The highest BCUT2D eigenvalue weighted by Gasteiger charge is 2.38. The number of halogens is 1. The number of amides is 2. The molecule has 2 aliphatic rings. The molecule has 170 valence electrons. The summed E-state index contributed by atoms with van der Waals surface area (Å²) in [5, 5.41) is 3.23. The summed E-state index contributed by atoms with van der Waals surface area (Å²) in [4.78, 5) is 30.1. The lowest BCUT2D eigenvalue weighted by Gasteiger charge is -2.41. The summed E-state index contributed by atoms with van der Waals surface area (Å²) < 4.78 is 14.1. The Kier molecular flexibility index (Phi) is 7.20. The maximum Gasteiger partial charge on any atom is 0.256 e. The van der Waals surface area contributed by atoms with Gasteiger partial charge in [-0.15, -0.1) is 0 Å². The van der Waals surface area contributed by atoms with Crippen molar-refractivity contribution < 1.29 is 14.0 Å². The standard InChI is InChI=1S/C26H32FN3O2/c1-19(20-9-3-2-4-10-20)28-25(31)24(21-11-5-6-12-21)29-15-17-30(18-16-29)26(32)22-13-7-8-14-23(22)27/h2-4,7-10,13-14,19,21,24H,5-6,11-12,15-18H2,1H3,(H,28,31). The van der Waals surface area contributed by atoms with Gasteiger partial charge in [-0.2, -0.15) is 0 Å². The van der Waals surface area contributed by atoms with E-state index in [2.05, 4.69) is 10.2 Å². The predicted octanol–water partition coefficient (Wildman–Crippen LogP) is 4.02. The molecule has 0 aromatic heterocycles. The van der Waals surface area contributed by atoms with Crippen LogP contribution in [0.2, 0.25) is 0 Å². The lowest BCUT2D eigenvalue weighted by molar-refractivity contribution is -0.129. The van der Waals surface area contributed by atoms with Gasteiger partial charge in [0.1, 0.15) is 5.82 Å². The van der Waals surface area contributed by atoms with Gasteiger partial charge in [-0.3, -0.25) is 14.5 Å². The SMILES string of the molecule is CC(NC(=O)C(C1CCCC1)N1CCN(C(=O)c2ccccc2F)CC1)c1ccccc1. The predicted molar refractivity (Wildman–Crippen MR) is 123 cm³/mol. The quantitative estimate of drug-likeness (QED) is 0.743. The van der Waals surface area contributed by atoms with E-state index in [0.29, 0.717) is 32.1 Å². The first-order valence-corrected chi connectivity index (χ1v) is 11.7. The number of nitrogens with zero attached hydrogens (tertiary/aromatic N) is 2. The molecule has 2 aromatic rings. The van der Waals surface area contributed by atoms with Crippen molar-refractivity contribution in [3.05, 3.63) is 71.5 Å². The van der Waals surface area contributed by atoms with Crippen LogP contribution in [0.3, 0.4) is 0 Å². The smallest absolute Gasteiger partial charge is 0.256 e. The maximum absolute atomic E-state index is 14.1. The molecular formula is C26H32FN3O2. The highest BCUT2D eigenvalue weighted by molar-refractivity contribution is 5.94. The topological polar surface area (TPSA) is 52.7 Å². The van der Waals surface area contributed by atoms with E-state index in [0.717, 1.165) is 31.2 Å². The van der Waals surface area contributed by atoms with E-state index >= 15 is 0 Å². The molecule has 6 heteroatoms. The van der Waals surface area contributed by atoms with Gasteiger partial charge in [0, 0.05) is 26.2 Å². The monoisotopic (exact) mass is 437 g/mol. The fourth-order valence-electron chi connectivity index (χ4n) is 5.08. The molecule has 2 atom stereocenters. The molecule has 1 saturated carbocycles. The summed E-state index contributed by atoms with van der Waals surface area (Å²) in [6.45, 7) is 4.25. The first-order chi connectivity index (χ1) is 15.5. The van der Waals surface area contributed by atoms with Crippen LogP contribution in [-0.2, 0) is 4.79 Å². The number of nitrogens with one attached hydrogen (secondary N) is 1. The summed E-state index contributed by atoms with van der Waals surface area (Å²) >= 11 is 0. The Morgan fingerprint density at radius 1 is 0.938 bits per heavy atom. The molecule has 1 heterocycles. The summed E-state index contributed by atoms with van der Waals surface area (Å²) in [5.74, 6) is -0.353. The van der Waals surface area contributed by atoms with Gasteiger partial charge in [0.2, 0.25) is 5.91 Å². The van der Waals surface area contributed by atoms with Gasteiger partial charge in [-0.05, 0) is 43.4 Å². The van der Waals surface area contributed by atoms with Crippen molar-refractivity contribution in [3.8, 4) is 0 Å². The number of benzene rings is 2. The Bertz CT molecular complexity index is 922. The van der Waals surface area contributed by atoms with Gasteiger partial charge in [0.05, 0.1) is 17.6 Å². The Morgan fingerprint density at radius 3 is 2.22 bits per heavy atom. The van der Waals surface area contributed by atoms with Gasteiger partial charge >= 0.3 is 0 Å². The second-order valence-electron chi connectivity index (χ2n) is 8.94. The second-order valence-corrected chi connectivity index (χ2v) is 8.94. The molecule has 2 amide bonds. The molecular weight excluding hydrogens is 405 g/mol. The van der Waals surface area contributed by atoms with Crippen molar-refractivity contribution in [1.29, 1.82) is 0 Å². The number of hydrogen-bond donors (Lipinski definition) is 1. The number of rotatable bonds is 6. The zero-order valence-electron chi connectivity index (χ0n) is 18.7. The van der Waals surface area contributed by atoms with Crippen molar-refractivity contribution in [1.82, 2.24) is 15.1 Å². The molecule has 4 rings (SSSR count). The van der Waals surface area contributed by atoms with Crippen LogP contribution in [0, 0.1) is 11.7 Å². The Labute approximate surface area is 189 Å². The van der Waals surface area contributed by atoms with E-state index in [9.17, 15) is 14.0 Å². The van der Waals surface area contributed by atoms with Crippen LogP contribution in [0.15, 0.2) is 54.6 Å². The number of hydrogen-bond acceptors (Lipinski definition) is 3. The maximum atomic E-state index is 14.1. The third-order valence-corrected chi connectivity index (χ3v) is 6.87. The molecule has 32 heavy (non-hydrogen) atoms. The molecule has 1 N–H and O–H groups in total. The van der Waals surface area contributed by atoms with Crippen LogP contribution >= 0.6 is 0 Å². The molecule has 0 radical (unpaired) electrons. The Morgan fingerprint density at radius 2 is 1.56 bits per heavy atom. The summed E-state index contributed by atoms with van der Waals surface area (Å²) in [7, 11) is 0. The molecule has 1 aliphatic heterocycles.